The summed E-state index contributed by atoms with van der Waals surface area (Å²) in [6.07, 6.45) is 0. The molecule has 0 amide bonds. The molecule has 2 nitrogen and oxygen atoms in total. The van der Waals surface area contributed by atoms with Crippen molar-refractivity contribution in [1.82, 2.24) is 4.98 Å². The second-order valence-corrected chi connectivity index (χ2v) is 3.03. The van der Waals surface area contributed by atoms with Gasteiger partial charge >= 0.3 is 0 Å². The summed E-state index contributed by atoms with van der Waals surface area (Å²) in [6.45, 7) is 7.66. The van der Waals surface area contributed by atoms with Gasteiger partial charge in [-0.25, -0.2) is 0 Å². The van der Waals surface area contributed by atoms with E-state index in [2.05, 4.69) is 20.9 Å². The van der Waals surface area contributed by atoms with E-state index in [1.165, 1.54) is 0 Å². The Morgan fingerprint density at radius 1 is 1.33 bits per heavy atom. The minimum absolute atomic E-state index is 0.227. The number of hydrogen-bond acceptors (Lipinski definition) is 2. The quantitative estimate of drug-likeness (QED) is 0.745. The van der Waals surface area contributed by atoms with Crippen molar-refractivity contribution in [3.05, 3.63) is 21.9 Å². The van der Waals surface area contributed by atoms with E-state index in [-0.39, 0.29) is 5.75 Å². The summed E-state index contributed by atoms with van der Waals surface area (Å²) < 4.78 is 0.706. The predicted molar refractivity (Wildman–Crippen MR) is 54.4 cm³/mol. The molecule has 0 aliphatic carbocycles. The fourth-order valence-corrected chi connectivity index (χ4v) is 1.39. The summed E-state index contributed by atoms with van der Waals surface area (Å²) in [5.74, 6) is 0.227. The monoisotopic (exact) mass is 231 g/mol. The van der Waals surface area contributed by atoms with Crippen molar-refractivity contribution in [2.45, 2.75) is 27.7 Å². The Kier molecular flexibility index (Phi) is 4.90. The average molecular weight is 232 g/mol. The summed E-state index contributed by atoms with van der Waals surface area (Å²) in [6, 6.07) is 1.78. The molecular weight excluding hydrogens is 218 g/mol. The maximum Gasteiger partial charge on any atom is 0.150 e. The number of rotatable bonds is 0. The SMILES string of the molecule is CC.Cc1cc(Br)c(O)c(C)n1. The van der Waals surface area contributed by atoms with E-state index in [0.29, 0.717) is 10.2 Å². The zero-order valence-electron chi connectivity index (χ0n) is 7.85. The minimum Gasteiger partial charge on any atom is -0.505 e. The van der Waals surface area contributed by atoms with Crippen LogP contribution >= 0.6 is 15.9 Å². The Morgan fingerprint density at radius 3 is 2.25 bits per heavy atom. The largest absolute Gasteiger partial charge is 0.505 e. The lowest BCUT2D eigenvalue weighted by atomic mass is 10.3. The Bertz CT molecular complexity index is 238. The number of nitrogens with zero attached hydrogens (tertiary/aromatic N) is 1. The molecule has 1 N–H and O–H groups in total. The Morgan fingerprint density at radius 2 is 1.83 bits per heavy atom. The average Bonchev–Trinajstić information content (AvgIpc) is 2.04. The number of pyridine rings is 1. The summed E-state index contributed by atoms with van der Waals surface area (Å²) in [4.78, 5) is 4.05. The standard InChI is InChI=1S/C7H8BrNO.C2H6/c1-4-3-6(8)7(10)5(2)9-4;1-2/h3,10H,1-2H3;1-2H3. The van der Waals surface area contributed by atoms with Crippen LogP contribution in [0.15, 0.2) is 10.5 Å². The predicted octanol–water partition coefficient (Wildman–Crippen LogP) is 3.19. The van der Waals surface area contributed by atoms with Crippen LogP contribution in [0.3, 0.4) is 0 Å². The van der Waals surface area contributed by atoms with Crippen molar-refractivity contribution in [3.63, 3.8) is 0 Å². The zero-order chi connectivity index (χ0) is 9.72. The van der Waals surface area contributed by atoms with Gasteiger partial charge in [0.1, 0.15) is 0 Å². The molecule has 0 unspecified atom stereocenters. The van der Waals surface area contributed by atoms with Gasteiger partial charge in [-0.2, -0.15) is 0 Å². The zero-order valence-corrected chi connectivity index (χ0v) is 9.44. The lowest BCUT2D eigenvalue weighted by molar-refractivity contribution is 0.463. The van der Waals surface area contributed by atoms with E-state index >= 15 is 0 Å². The number of hydrogen-bond donors (Lipinski definition) is 1. The topological polar surface area (TPSA) is 33.1 Å². The molecule has 1 aromatic heterocycles. The normalized spacial score (nSPS) is 8.75. The van der Waals surface area contributed by atoms with Crippen LogP contribution < -0.4 is 0 Å². The Labute approximate surface area is 81.8 Å². The first-order valence-electron chi connectivity index (χ1n) is 3.94. The van der Waals surface area contributed by atoms with E-state index < -0.39 is 0 Å². The molecule has 0 saturated carbocycles. The Hall–Kier alpha value is -0.570. The van der Waals surface area contributed by atoms with Crippen molar-refractivity contribution in [2.24, 2.45) is 0 Å². The van der Waals surface area contributed by atoms with Crippen molar-refractivity contribution in [1.29, 1.82) is 0 Å². The smallest absolute Gasteiger partial charge is 0.150 e. The van der Waals surface area contributed by atoms with Gasteiger partial charge in [-0.1, -0.05) is 13.8 Å². The molecule has 0 spiro atoms. The summed E-state index contributed by atoms with van der Waals surface area (Å²) in [7, 11) is 0. The molecular formula is C9H14BrNO. The third-order valence-corrected chi connectivity index (χ3v) is 1.85. The van der Waals surface area contributed by atoms with E-state index in [9.17, 15) is 5.11 Å². The van der Waals surface area contributed by atoms with Gasteiger partial charge in [0.05, 0.1) is 10.2 Å². The van der Waals surface area contributed by atoms with Gasteiger partial charge < -0.3 is 5.11 Å². The molecule has 1 aromatic rings. The number of aryl methyl sites for hydroxylation is 2. The van der Waals surface area contributed by atoms with Gasteiger partial charge in [-0.15, -0.1) is 0 Å². The molecule has 0 fully saturated rings. The molecule has 0 aromatic carbocycles. The van der Waals surface area contributed by atoms with Crippen LogP contribution in [-0.4, -0.2) is 10.1 Å². The lowest BCUT2D eigenvalue weighted by Gasteiger charge is -2.00. The lowest BCUT2D eigenvalue weighted by Crippen LogP contribution is -1.86. The third-order valence-electron chi connectivity index (χ3n) is 1.25. The van der Waals surface area contributed by atoms with Crippen LogP contribution in [0.2, 0.25) is 0 Å². The minimum atomic E-state index is 0.227. The van der Waals surface area contributed by atoms with Crippen molar-refractivity contribution < 1.29 is 5.11 Å². The highest BCUT2D eigenvalue weighted by molar-refractivity contribution is 9.10. The molecule has 0 radical (unpaired) electrons. The van der Waals surface area contributed by atoms with Crippen LogP contribution in [0.4, 0.5) is 0 Å². The molecule has 0 atom stereocenters. The molecule has 0 aliphatic heterocycles. The fraction of sp³-hybridized carbons (Fsp3) is 0.444. The van der Waals surface area contributed by atoms with Gasteiger partial charge in [0.2, 0.25) is 0 Å². The van der Waals surface area contributed by atoms with Gasteiger partial charge in [0, 0.05) is 5.69 Å². The van der Waals surface area contributed by atoms with Crippen LogP contribution in [0.5, 0.6) is 5.75 Å². The fourth-order valence-electron chi connectivity index (χ4n) is 0.774. The van der Waals surface area contributed by atoms with Crippen LogP contribution in [-0.2, 0) is 0 Å². The van der Waals surface area contributed by atoms with Crippen LogP contribution in [0.25, 0.3) is 0 Å². The Balaban J connectivity index is 0.000000561. The van der Waals surface area contributed by atoms with E-state index in [1.807, 2.05) is 20.8 Å². The molecule has 68 valence electrons. The summed E-state index contributed by atoms with van der Waals surface area (Å²) >= 11 is 3.21. The number of aromatic hydroxyl groups is 1. The maximum atomic E-state index is 9.22. The highest BCUT2D eigenvalue weighted by Gasteiger charge is 2.02. The van der Waals surface area contributed by atoms with E-state index in [1.54, 1.807) is 13.0 Å². The highest BCUT2D eigenvalue weighted by Crippen LogP contribution is 2.25. The molecule has 1 rings (SSSR count). The van der Waals surface area contributed by atoms with Crippen LogP contribution in [0, 0.1) is 13.8 Å². The van der Waals surface area contributed by atoms with Gasteiger partial charge in [0.25, 0.3) is 0 Å². The second kappa shape index (κ2) is 5.14. The van der Waals surface area contributed by atoms with Crippen LogP contribution in [0.1, 0.15) is 25.2 Å². The van der Waals surface area contributed by atoms with Gasteiger partial charge in [-0.3, -0.25) is 4.98 Å². The van der Waals surface area contributed by atoms with Crippen molar-refractivity contribution in [3.8, 4) is 5.75 Å². The number of aromatic nitrogens is 1. The molecule has 1 heterocycles. The maximum absolute atomic E-state index is 9.22. The first-order chi connectivity index (χ1) is 5.61. The second-order valence-electron chi connectivity index (χ2n) is 2.18. The van der Waals surface area contributed by atoms with E-state index in [4.69, 9.17) is 0 Å². The van der Waals surface area contributed by atoms with Gasteiger partial charge in [0.15, 0.2) is 5.75 Å². The van der Waals surface area contributed by atoms with Gasteiger partial charge in [-0.05, 0) is 35.8 Å². The summed E-state index contributed by atoms with van der Waals surface area (Å²) in [5, 5.41) is 9.22. The molecule has 12 heavy (non-hydrogen) atoms. The van der Waals surface area contributed by atoms with E-state index in [0.717, 1.165) is 5.69 Å². The molecule has 0 saturated heterocycles. The summed E-state index contributed by atoms with van der Waals surface area (Å²) in [5.41, 5.74) is 1.56. The molecule has 0 bridgehead atoms. The first-order valence-corrected chi connectivity index (χ1v) is 4.73. The first kappa shape index (κ1) is 11.4. The third kappa shape index (κ3) is 2.81. The number of halogens is 1. The van der Waals surface area contributed by atoms with Crippen molar-refractivity contribution in [2.75, 3.05) is 0 Å². The highest BCUT2D eigenvalue weighted by atomic mass is 79.9. The molecule has 0 aliphatic rings. The molecule has 3 heteroatoms. The van der Waals surface area contributed by atoms with Crippen molar-refractivity contribution >= 4 is 15.9 Å².